The maximum absolute atomic E-state index is 12.6. The van der Waals surface area contributed by atoms with Crippen molar-refractivity contribution in [3.05, 3.63) is 33.8 Å². The molecule has 0 atom stereocenters. The van der Waals surface area contributed by atoms with Gasteiger partial charge in [-0.1, -0.05) is 41.0 Å². The molecule has 0 aromatic heterocycles. The number of thiocarbonyl (C=S) groups is 1. The molecule has 3 rings (SSSR count). The number of carbonyl (C=O) groups excluding carboxylic acids is 2. The van der Waals surface area contributed by atoms with Crippen LogP contribution in [0.5, 0.6) is 0 Å². The number of hydrogen-bond acceptors (Lipinski definition) is 3. The van der Waals surface area contributed by atoms with Crippen LogP contribution in [0.2, 0.25) is 0 Å². The summed E-state index contributed by atoms with van der Waals surface area (Å²) >= 11 is 8.49. The van der Waals surface area contributed by atoms with Crippen molar-refractivity contribution in [2.45, 2.75) is 31.2 Å². The standard InChI is InChI=1S/C14H13BrN2O2S/c15-8-3-4-9-10(7-8)12(19)17(11(9)18)14(13(16)20)5-1-2-6-14/h3-4,7H,1-2,5-6H2,(H2,16,20). The SMILES string of the molecule is NC(=S)C1(N2C(=O)c3ccc(Br)cc3C2=O)CCCC1. The molecule has 1 fully saturated rings. The van der Waals surface area contributed by atoms with Gasteiger partial charge >= 0.3 is 0 Å². The van der Waals surface area contributed by atoms with Gasteiger partial charge in [0.15, 0.2) is 0 Å². The van der Waals surface area contributed by atoms with E-state index in [2.05, 4.69) is 15.9 Å². The Balaban J connectivity index is 2.11. The summed E-state index contributed by atoms with van der Waals surface area (Å²) in [7, 11) is 0. The number of nitrogens with zero attached hydrogens (tertiary/aromatic N) is 1. The summed E-state index contributed by atoms with van der Waals surface area (Å²) in [6.07, 6.45) is 3.17. The van der Waals surface area contributed by atoms with E-state index in [9.17, 15) is 9.59 Å². The molecule has 1 aliphatic heterocycles. The zero-order valence-electron chi connectivity index (χ0n) is 10.7. The predicted octanol–water partition coefficient (Wildman–Crippen LogP) is 2.64. The van der Waals surface area contributed by atoms with E-state index < -0.39 is 5.54 Å². The summed E-state index contributed by atoms with van der Waals surface area (Å²) in [5.74, 6) is -0.576. The first kappa shape index (κ1) is 13.7. The van der Waals surface area contributed by atoms with E-state index in [1.54, 1.807) is 18.2 Å². The van der Waals surface area contributed by atoms with Gasteiger partial charge in [-0.25, -0.2) is 0 Å². The Labute approximate surface area is 130 Å². The molecule has 1 aromatic carbocycles. The van der Waals surface area contributed by atoms with Gasteiger partial charge in [0.05, 0.1) is 16.1 Å². The number of halogens is 1. The summed E-state index contributed by atoms with van der Waals surface area (Å²) in [4.78, 5) is 26.7. The normalized spacial score (nSPS) is 20.4. The topological polar surface area (TPSA) is 63.4 Å². The first-order valence-electron chi connectivity index (χ1n) is 6.46. The lowest BCUT2D eigenvalue weighted by molar-refractivity contribution is 0.0530. The van der Waals surface area contributed by atoms with Crippen molar-refractivity contribution in [1.82, 2.24) is 4.90 Å². The number of hydrogen-bond donors (Lipinski definition) is 1. The Morgan fingerprint density at radius 2 is 1.80 bits per heavy atom. The van der Waals surface area contributed by atoms with Crippen molar-refractivity contribution in [3.8, 4) is 0 Å². The fraction of sp³-hybridized carbons (Fsp3) is 0.357. The highest BCUT2D eigenvalue weighted by Gasteiger charge is 2.52. The van der Waals surface area contributed by atoms with Crippen LogP contribution in [0.3, 0.4) is 0 Å². The second-order valence-electron chi connectivity index (χ2n) is 5.24. The van der Waals surface area contributed by atoms with Crippen LogP contribution in [0.4, 0.5) is 0 Å². The monoisotopic (exact) mass is 352 g/mol. The van der Waals surface area contributed by atoms with Gasteiger partial charge < -0.3 is 5.73 Å². The zero-order chi connectivity index (χ0) is 14.5. The van der Waals surface area contributed by atoms with Crippen molar-refractivity contribution in [1.29, 1.82) is 0 Å². The number of imide groups is 1. The molecule has 0 bridgehead atoms. The van der Waals surface area contributed by atoms with Gasteiger partial charge in [-0.05, 0) is 31.0 Å². The number of nitrogens with two attached hydrogens (primary N) is 1. The molecule has 2 aliphatic rings. The van der Waals surface area contributed by atoms with Crippen molar-refractivity contribution in [3.63, 3.8) is 0 Å². The molecule has 2 N–H and O–H groups in total. The zero-order valence-corrected chi connectivity index (χ0v) is 13.1. The molecule has 1 heterocycles. The van der Waals surface area contributed by atoms with Gasteiger partial charge in [-0.3, -0.25) is 14.5 Å². The Morgan fingerprint density at radius 1 is 1.20 bits per heavy atom. The molecule has 104 valence electrons. The van der Waals surface area contributed by atoms with Crippen molar-refractivity contribution in [2.24, 2.45) is 5.73 Å². The third-order valence-corrected chi connectivity index (χ3v) is 5.04. The molecular weight excluding hydrogens is 340 g/mol. The van der Waals surface area contributed by atoms with Crippen LogP contribution in [0.1, 0.15) is 46.4 Å². The number of rotatable bonds is 2. The number of amides is 2. The maximum Gasteiger partial charge on any atom is 0.262 e. The van der Waals surface area contributed by atoms with E-state index in [-0.39, 0.29) is 16.8 Å². The van der Waals surface area contributed by atoms with Gasteiger partial charge in [-0.15, -0.1) is 0 Å². The third-order valence-electron chi connectivity index (χ3n) is 4.17. The van der Waals surface area contributed by atoms with Gasteiger partial charge in [0.25, 0.3) is 11.8 Å². The van der Waals surface area contributed by atoms with E-state index >= 15 is 0 Å². The van der Waals surface area contributed by atoms with Crippen LogP contribution >= 0.6 is 28.1 Å². The fourth-order valence-corrected chi connectivity index (χ4v) is 3.80. The summed E-state index contributed by atoms with van der Waals surface area (Å²) in [6, 6.07) is 5.11. The minimum absolute atomic E-state index is 0.239. The molecule has 1 aromatic rings. The molecular formula is C14H13BrN2O2S. The van der Waals surface area contributed by atoms with Crippen molar-refractivity contribution in [2.75, 3.05) is 0 Å². The second kappa shape index (κ2) is 4.63. The molecule has 0 radical (unpaired) electrons. The second-order valence-corrected chi connectivity index (χ2v) is 6.59. The van der Waals surface area contributed by atoms with E-state index in [0.29, 0.717) is 24.0 Å². The largest absolute Gasteiger partial charge is 0.391 e. The average molecular weight is 353 g/mol. The molecule has 2 amide bonds. The van der Waals surface area contributed by atoms with E-state index in [1.165, 1.54) is 4.90 Å². The lowest BCUT2D eigenvalue weighted by Crippen LogP contribution is -2.57. The smallest absolute Gasteiger partial charge is 0.262 e. The highest BCUT2D eigenvalue weighted by Crippen LogP contribution is 2.40. The van der Waals surface area contributed by atoms with E-state index in [0.717, 1.165) is 17.3 Å². The van der Waals surface area contributed by atoms with Crippen LogP contribution in [0.15, 0.2) is 22.7 Å². The molecule has 0 spiro atoms. The average Bonchev–Trinajstić information content (AvgIpc) is 2.96. The maximum atomic E-state index is 12.6. The molecule has 0 unspecified atom stereocenters. The van der Waals surface area contributed by atoms with E-state index in [4.69, 9.17) is 18.0 Å². The lowest BCUT2D eigenvalue weighted by atomic mass is 9.95. The summed E-state index contributed by atoms with van der Waals surface area (Å²) < 4.78 is 0.773. The highest BCUT2D eigenvalue weighted by atomic mass is 79.9. The lowest BCUT2D eigenvalue weighted by Gasteiger charge is -2.36. The summed E-state index contributed by atoms with van der Waals surface area (Å²) in [6.45, 7) is 0. The minimum atomic E-state index is -0.783. The quantitative estimate of drug-likeness (QED) is 0.656. The number of fused-ring (bicyclic) bond motifs is 1. The van der Waals surface area contributed by atoms with Crippen LogP contribution in [-0.2, 0) is 0 Å². The van der Waals surface area contributed by atoms with E-state index in [1.807, 2.05) is 0 Å². The Morgan fingerprint density at radius 3 is 2.40 bits per heavy atom. The Bertz CT molecular complexity index is 638. The van der Waals surface area contributed by atoms with Crippen LogP contribution in [-0.4, -0.2) is 27.2 Å². The Hall–Kier alpha value is -1.27. The van der Waals surface area contributed by atoms with Crippen LogP contribution < -0.4 is 5.73 Å². The Kier molecular flexibility index (Phi) is 3.17. The van der Waals surface area contributed by atoms with Gasteiger partial charge in [-0.2, -0.15) is 0 Å². The van der Waals surface area contributed by atoms with Crippen LogP contribution in [0, 0.1) is 0 Å². The third kappa shape index (κ3) is 1.74. The molecule has 1 aliphatic carbocycles. The summed E-state index contributed by atoms with van der Waals surface area (Å²) in [5, 5.41) is 0. The molecule has 4 nitrogen and oxygen atoms in total. The highest BCUT2D eigenvalue weighted by molar-refractivity contribution is 9.10. The molecule has 0 saturated heterocycles. The summed E-state index contributed by atoms with van der Waals surface area (Å²) in [5.41, 5.74) is 5.95. The number of carbonyl (C=O) groups is 2. The minimum Gasteiger partial charge on any atom is -0.391 e. The molecule has 20 heavy (non-hydrogen) atoms. The first-order chi connectivity index (χ1) is 9.47. The van der Waals surface area contributed by atoms with Crippen molar-refractivity contribution >= 4 is 45.0 Å². The van der Waals surface area contributed by atoms with Crippen molar-refractivity contribution < 1.29 is 9.59 Å². The van der Waals surface area contributed by atoms with Gasteiger partial charge in [0.1, 0.15) is 5.54 Å². The number of benzene rings is 1. The molecule has 6 heteroatoms. The fourth-order valence-electron chi connectivity index (χ4n) is 3.14. The molecule has 1 saturated carbocycles. The predicted molar refractivity (Wildman–Crippen MR) is 82.6 cm³/mol. The van der Waals surface area contributed by atoms with Crippen LogP contribution in [0.25, 0.3) is 0 Å². The van der Waals surface area contributed by atoms with Gasteiger partial charge in [0.2, 0.25) is 0 Å². The van der Waals surface area contributed by atoms with Gasteiger partial charge in [0, 0.05) is 4.47 Å². The first-order valence-corrected chi connectivity index (χ1v) is 7.66.